The molecule has 0 spiro atoms. The molecule has 0 saturated heterocycles. The van der Waals surface area contributed by atoms with Crippen LogP contribution in [0, 0.1) is 13.8 Å². The van der Waals surface area contributed by atoms with E-state index in [1.54, 1.807) is 31.3 Å². The van der Waals surface area contributed by atoms with Gasteiger partial charge in [-0.3, -0.25) is 4.79 Å². The van der Waals surface area contributed by atoms with E-state index in [0.29, 0.717) is 18.1 Å². The Morgan fingerprint density at radius 3 is 2.47 bits per heavy atom. The Morgan fingerprint density at radius 1 is 1.03 bits per heavy atom. The van der Waals surface area contributed by atoms with Crippen molar-refractivity contribution in [2.45, 2.75) is 26.6 Å². The number of nitrogens with one attached hydrogen (secondary N) is 1. The zero-order chi connectivity index (χ0) is 24.3. The van der Waals surface area contributed by atoms with E-state index in [-0.39, 0.29) is 16.9 Å². The van der Waals surface area contributed by atoms with Gasteiger partial charge in [-0.2, -0.15) is 13.2 Å². The van der Waals surface area contributed by atoms with Crippen LogP contribution in [-0.2, 0) is 12.8 Å². The van der Waals surface area contributed by atoms with Crippen LogP contribution in [-0.4, -0.2) is 15.5 Å². The molecule has 0 saturated carbocycles. The third-order valence-electron chi connectivity index (χ3n) is 5.20. The summed E-state index contributed by atoms with van der Waals surface area (Å²) in [4.78, 5) is 17.0. The number of carbonyl (C=O) groups excluding carboxylic acids is 1. The quantitative estimate of drug-likeness (QED) is 0.362. The number of anilines is 1. The van der Waals surface area contributed by atoms with E-state index in [4.69, 9.17) is 4.74 Å². The summed E-state index contributed by atoms with van der Waals surface area (Å²) in [7, 11) is 0. The number of imidazole rings is 1. The zero-order valence-corrected chi connectivity index (χ0v) is 18.6. The van der Waals surface area contributed by atoms with Gasteiger partial charge in [0.15, 0.2) is 0 Å². The number of aromatic nitrogens is 2. The lowest BCUT2D eigenvalue weighted by Gasteiger charge is -2.14. The Labute approximate surface area is 194 Å². The number of aryl methyl sites for hydroxylation is 2. The third-order valence-corrected chi connectivity index (χ3v) is 5.20. The lowest BCUT2D eigenvalue weighted by molar-refractivity contribution is -0.137. The highest BCUT2D eigenvalue weighted by molar-refractivity contribution is 6.04. The normalized spacial score (nSPS) is 11.3. The molecule has 0 radical (unpaired) electrons. The molecule has 1 heterocycles. The Morgan fingerprint density at radius 2 is 1.79 bits per heavy atom. The van der Waals surface area contributed by atoms with Gasteiger partial charge in [0.05, 0.1) is 17.6 Å². The van der Waals surface area contributed by atoms with Crippen molar-refractivity contribution in [1.29, 1.82) is 0 Å². The predicted octanol–water partition coefficient (Wildman–Crippen LogP) is 6.34. The fourth-order valence-corrected chi connectivity index (χ4v) is 3.39. The lowest BCUT2D eigenvalue weighted by Crippen LogP contribution is -2.14. The minimum Gasteiger partial charge on any atom is -0.489 e. The Kier molecular flexibility index (Phi) is 6.40. The minimum atomic E-state index is -4.58. The van der Waals surface area contributed by atoms with Crippen LogP contribution < -0.4 is 10.1 Å². The second kappa shape index (κ2) is 9.43. The fourth-order valence-electron chi connectivity index (χ4n) is 3.39. The minimum absolute atomic E-state index is 0.0218. The van der Waals surface area contributed by atoms with Crippen LogP contribution in [0.2, 0.25) is 0 Å². The highest BCUT2D eigenvalue weighted by Crippen LogP contribution is 2.33. The van der Waals surface area contributed by atoms with Crippen molar-refractivity contribution in [3.8, 4) is 11.4 Å². The number of halogens is 3. The molecule has 1 N–H and O–H groups in total. The molecule has 4 rings (SSSR count). The Bertz CT molecular complexity index is 1310. The molecule has 174 valence electrons. The highest BCUT2D eigenvalue weighted by atomic mass is 19.4. The first-order valence-corrected chi connectivity index (χ1v) is 10.5. The molecule has 0 aliphatic rings. The molecular weight excluding hydrogens is 443 g/mol. The van der Waals surface area contributed by atoms with Crippen LogP contribution in [0.4, 0.5) is 18.9 Å². The number of hydrogen-bond donors (Lipinski definition) is 1. The molecule has 8 heteroatoms. The van der Waals surface area contributed by atoms with Crippen LogP contribution in [0.25, 0.3) is 5.69 Å². The van der Waals surface area contributed by atoms with E-state index >= 15 is 0 Å². The number of amides is 1. The van der Waals surface area contributed by atoms with Crippen molar-refractivity contribution in [2.75, 3.05) is 5.32 Å². The molecule has 0 aliphatic carbocycles. The molecule has 1 amide bonds. The number of hydrogen-bond acceptors (Lipinski definition) is 3. The van der Waals surface area contributed by atoms with E-state index in [1.165, 1.54) is 17.0 Å². The molecule has 0 fully saturated rings. The average Bonchev–Trinajstić information content (AvgIpc) is 3.25. The number of carbonyl (C=O) groups is 1. The monoisotopic (exact) mass is 465 g/mol. The molecule has 5 nitrogen and oxygen atoms in total. The predicted molar refractivity (Wildman–Crippen MR) is 123 cm³/mol. The van der Waals surface area contributed by atoms with E-state index in [1.807, 2.05) is 37.3 Å². The summed E-state index contributed by atoms with van der Waals surface area (Å²) in [6.45, 7) is 3.92. The summed E-state index contributed by atoms with van der Waals surface area (Å²) in [5, 5.41) is 2.58. The molecule has 3 aromatic carbocycles. The molecule has 0 aliphatic heterocycles. The Hall–Kier alpha value is -4.07. The fraction of sp³-hybridized carbons (Fsp3) is 0.154. The average molecular weight is 465 g/mol. The first-order chi connectivity index (χ1) is 16.2. The molecular formula is C26H22F3N3O2. The summed E-state index contributed by atoms with van der Waals surface area (Å²) >= 11 is 0. The largest absolute Gasteiger partial charge is 0.489 e. The van der Waals surface area contributed by atoms with Crippen molar-refractivity contribution in [3.05, 3.63) is 107 Å². The number of benzene rings is 3. The van der Waals surface area contributed by atoms with Gasteiger partial charge in [0.25, 0.3) is 5.91 Å². The van der Waals surface area contributed by atoms with E-state index < -0.39 is 17.6 Å². The topological polar surface area (TPSA) is 56.2 Å². The summed E-state index contributed by atoms with van der Waals surface area (Å²) in [5.74, 6) is -0.0215. The first kappa shape index (κ1) is 23.1. The van der Waals surface area contributed by atoms with Gasteiger partial charge >= 0.3 is 6.18 Å². The van der Waals surface area contributed by atoms with Crippen molar-refractivity contribution in [3.63, 3.8) is 0 Å². The van der Waals surface area contributed by atoms with Crippen LogP contribution in [0.1, 0.15) is 32.7 Å². The molecule has 1 aromatic heterocycles. The van der Waals surface area contributed by atoms with Crippen molar-refractivity contribution in [2.24, 2.45) is 0 Å². The van der Waals surface area contributed by atoms with Crippen molar-refractivity contribution >= 4 is 11.6 Å². The number of rotatable bonds is 6. The van der Waals surface area contributed by atoms with Crippen molar-refractivity contribution in [1.82, 2.24) is 9.55 Å². The van der Waals surface area contributed by atoms with Gasteiger partial charge in [-0.1, -0.05) is 36.4 Å². The van der Waals surface area contributed by atoms with Gasteiger partial charge in [0.2, 0.25) is 0 Å². The summed E-state index contributed by atoms with van der Waals surface area (Å²) in [5.41, 5.74) is 2.13. The van der Waals surface area contributed by atoms with Gasteiger partial charge in [0.1, 0.15) is 12.4 Å². The van der Waals surface area contributed by atoms with Gasteiger partial charge in [0, 0.05) is 23.1 Å². The second-order valence-electron chi connectivity index (χ2n) is 7.90. The molecule has 0 bridgehead atoms. The van der Waals surface area contributed by atoms with Crippen molar-refractivity contribution < 1.29 is 22.7 Å². The standard InChI is InChI=1S/C26H22F3N3O2/c1-17-8-9-20(10-24(17)34-15-19-6-4-3-5-7-19)25(33)31-22-11-21(26(27,28)29)12-23(13-22)32-14-18(2)30-16-32/h3-14,16H,15H2,1-2H3,(H,31,33). The zero-order valence-electron chi connectivity index (χ0n) is 18.6. The highest BCUT2D eigenvalue weighted by Gasteiger charge is 2.31. The summed E-state index contributed by atoms with van der Waals surface area (Å²) in [6, 6.07) is 17.9. The summed E-state index contributed by atoms with van der Waals surface area (Å²) in [6.07, 6.45) is -1.54. The van der Waals surface area contributed by atoms with Gasteiger partial charge in [-0.15, -0.1) is 0 Å². The van der Waals surface area contributed by atoms with Crippen LogP contribution in [0.15, 0.2) is 79.3 Å². The maximum Gasteiger partial charge on any atom is 0.416 e. The molecule has 0 atom stereocenters. The van der Waals surface area contributed by atoms with Crippen LogP contribution in [0.3, 0.4) is 0 Å². The van der Waals surface area contributed by atoms with Crippen LogP contribution in [0.5, 0.6) is 5.75 Å². The number of alkyl halides is 3. The van der Waals surface area contributed by atoms with Gasteiger partial charge in [-0.25, -0.2) is 4.98 Å². The van der Waals surface area contributed by atoms with Crippen LogP contribution >= 0.6 is 0 Å². The van der Waals surface area contributed by atoms with Gasteiger partial charge in [-0.05, 0) is 55.3 Å². The smallest absolute Gasteiger partial charge is 0.416 e. The second-order valence-corrected chi connectivity index (χ2v) is 7.90. The van der Waals surface area contributed by atoms with Gasteiger partial charge < -0.3 is 14.6 Å². The molecule has 0 unspecified atom stereocenters. The van der Waals surface area contributed by atoms with E-state index in [2.05, 4.69) is 10.3 Å². The third kappa shape index (κ3) is 5.46. The number of ether oxygens (including phenoxy) is 1. The summed E-state index contributed by atoms with van der Waals surface area (Å²) < 4.78 is 47.8. The molecule has 34 heavy (non-hydrogen) atoms. The van der Waals surface area contributed by atoms with E-state index in [9.17, 15) is 18.0 Å². The maximum atomic E-state index is 13.5. The SMILES string of the molecule is Cc1cn(-c2cc(NC(=O)c3ccc(C)c(OCc4ccccc4)c3)cc(C(F)(F)F)c2)cn1. The van der Waals surface area contributed by atoms with E-state index in [0.717, 1.165) is 23.3 Å². The molecule has 4 aromatic rings. The Balaban J connectivity index is 1.58. The lowest BCUT2D eigenvalue weighted by atomic mass is 10.1. The first-order valence-electron chi connectivity index (χ1n) is 10.5. The number of nitrogens with zero attached hydrogens (tertiary/aromatic N) is 2. The maximum absolute atomic E-state index is 13.5.